The summed E-state index contributed by atoms with van der Waals surface area (Å²) in [5.74, 6) is 0.643. The number of aromatic nitrogens is 2. The highest BCUT2D eigenvalue weighted by atomic mass is 35.5. The summed E-state index contributed by atoms with van der Waals surface area (Å²) < 4.78 is 0. The van der Waals surface area contributed by atoms with Gasteiger partial charge in [0.05, 0.1) is 0 Å². The van der Waals surface area contributed by atoms with Crippen LogP contribution < -0.4 is 5.32 Å². The summed E-state index contributed by atoms with van der Waals surface area (Å²) in [5.41, 5.74) is 0.588. The highest BCUT2D eigenvalue weighted by Gasteiger charge is 2.24. The van der Waals surface area contributed by atoms with Crippen LogP contribution >= 0.6 is 12.4 Å². The summed E-state index contributed by atoms with van der Waals surface area (Å²) in [6, 6.07) is 1.73. The van der Waals surface area contributed by atoms with Crippen molar-refractivity contribution in [2.75, 3.05) is 26.7 Å². The van der Waals surface area contributed by atoms with E-state index in [-0.39, 0.29) is 18.3 Å². The molecule has 1 amide bonds. The Balaban J connectivity index is 0.00000144. The van der Waals surface area contributed by atoms with Crippen molar-refractivity contribution in [3.05, 3.63) is 18.0 Å². The van der Waals surface area contributed by atoms with Gasteiger partial charge in [0.1, 0.15) is 5.69 Å². The molecule has 1 saturated heterocycles. The molecule has 1 aliphatic heterocycles. The number of aromatic amines is 1. The zero-order valence-electron chi connectivity index (χ0n) is 9.98. The van der Waals surface area contributed by atoms with E-state index < -0.39 is 0 Å². The van der Waals surface area contributed by atoms with Gasteiger partial charge in [-0.25, -0.2) is 0 Å². The normalized spacial score (nSPS) is 19.8. The molecule has 1 fully saturated rings. The van der Waals surface area contributed by atoms with Crippen LogP contribution in [-0.2, 0) is 0 Å². The largest absolute Gasteiger partial charge is 0.337 e. The molecule has 96 valence electrons. The molecule has 2 N–H and O–H groups in total. The van der Waals surface area contributed by atoms with Gasteiger partial charge in [0.2, 0.25) is 0 Å². The predicted molar refractivity (Wildman–Crippen MR) is 68.4 cm³/mol. The summed E-state index contributed by atoms with van der Waals surface area (Å²) in [7, 11) is 1.95. The van der Waals surface area contributed by atoms with Crippen molar-refractivity contribution in [2.24, 2.45) is 5.92 Å². The number of hydrogen-bond donors (Lipinski definition) is 2. The molecule has 1 aromatic rings. The van der Waals surface area contributed by atoms with Crippen molar-refractivity contribution < 1.29 is 4.79 Å². The van der Waals surface area contributed by atoms with E-state index in [1.807, 2.05) is 11.9 Å². The van der Waals surface area contributed by atoms with E-state index in [1.54, 1.807) is 12.3 Å². The van der Waals surface area contributed by atoms with Crippen LogP contribution in [-0.4, -0.2) is 47.7 Å². The molecule has 0 radical (unpaired) electrons. The molecule has 0 bridgehead atoms. The molecule has 17 heavy (non-hydrogen) atoms. The second-order valence-electron chi connectivity index (χ2n) is 4.29. The summed E-state index contributed by atoms with van der Waals surface area (Å²) in [4.78, 5) is 14.0. The second-order valence-corrected chi connectivity index (χ2v) is 4.29. The summed E-state index contributed by atoms with van der Waals surface area (Å²) in [6.45, 7) is 2.68. The molecular formula is C11H19ClN4O. The number of halogens is 1. The average molecular weight is 259 g/mol. The number of hydrogen-bond acceptors (Lipinski definition) is 3. The average Bonchev–Trinajstić information content (AvgIpc) is 2.82. The zero-order chi connectivity index (χ0) is 11.4. The molecule has 6 heteroatoms. The Hall–Kier alpha value is -1.07. The predicted octanol–water partition coefficient (Wildman–Crippen LogP) is 0.903. The fourth-order valence-corrected chi connectivity index (χ4v) is 2.25. The van der Waals surface area contributed by atoms with E-state index in [4.69, 9.17) is 0 Å². The first kappa shape index (κ1) is 14.0. The maximum atomic E-state index is 12.0. The SMILES string of the molecule is CNCC1CCCN(C(=O)c2ccn[nH]2)C1.Cl. The van der Waals surface area contributed by atoms with Crippen molar-refractivity contribution >= 4 is 18.3 Å². The van der Waals surface area contributed by atoms with Crippen molar-refractivity contribution in [2.45, 2.75) is 12.8 Å². The number of nitrogens with zero attached hydrogens (tertiary/aromatic N) is 2. The molecule has 1 aliphatic rings. The number of piperidine rings is 1. The van der Waals surface area contributed by atoms with E-state index in [0.717, 1.165) is 26.1 Å². The Morgan fingerprint density at radius 2 is 2.53 bits per heavy atom. The summed E-state index contributed by atoms with van der Waals surface area (Å²) in [5, 5.41) is 9.71. The number of H-pyrrole nitrogens is 1. The van der Waals surface area contributed by atoms with Gasteiger partial charge in [-0.05, 0) is 38.4 Å². The van der Waals surface area contributed by atoms with Crippen LogP contribution in [0, 0.1) is 5.92 Å². The molecule has 5 nitrogen and oxygen atoms in total. The lowest BCUT2D eigenvalue weighted by Crippen LogP contribution is -2.42. The molecule has 0 saturated carbocycles. The van der Waals surface area contributed by atoms with Gasteiger partial charge in [-0.1, -0.05) is 0 Å². The number of carbonyl (C=O) groups is 1. The third-order valence-electron chi connectivity index (χ3n) is 3.03. The Morgan fingerprint density at radius 3 is 3.18 bits per heavy atom. The van der Waals surface area contributed by atoms with E-state index in [0.29, 0.717) is 11.6 Å². The number of carbonyl (C=O) groups excluding carboxylic acids is 1. The number of rotatable bonds is 3. The van der Waals surface area contributed by atoms with Crippen molar-refractivity contribution in [3.8, 4) is 0 Å². The van der Waals surface area contributed by atoms with Crippen molar-refractivity contribution in [1.29, 1.82) is 0 Å². The first-order valence-corrected chi connectivity index (χ1v) is 5.74. The van der Waals surface area contributed by atoms with Gasteiger partial charge in [0, 0.05) is 19.3 Å². The Kier molecular flexibility index (Phi) is 5.44. The molecule has 0 aliphatic carbocycles. The first-order chi connectivity index (χ1) is 7.81. The van der Waals surface area contributed by atoms with Crippen LogP contribution in [0.25, 0.3) is 0 Å². The third-order valence-corrected chi connectivity index (χ3v) is 3.03. The number of amides is 1. The van der Waals surface area contributed by atoms with Crippen LogP contribution in [0.5, 0.6) is 0 Å². The van der Waals surface area contributed by atoms with Crippen LogP contribution in [0.15, 0.2) is 12.3 Å². The lowest BCUT2D eigenvalue weighted by atomic mass is 9.98. The summed E-state index contributed by atoms with van der Waals surface area (Å²) >= 11 is 0. The molecule has 1 aromatic heterocycles. The lowest BCUT2D eigenvalue weighted by molar-refractivity contribution is 0.0668. The van der Waals surface area contributed by atoms with E-state index >= 15 is 0 Å². The van der Waals surface area contributed by atoms with Gasteiger partial charge in [-0.3, -0.25) is 9.89 Å². The van der Waals surface area contributed by atoms with Crippen molar-refractivity contribution in [1.82, 2.24) is 20.4 Å². The van der Waals surface area contributed by atoms with Gasteiger partial charge >= 0.3 is 0 Å². The number of likely N-dealkylation sites (tertiary alicyclic amines) is 1. The van der Waals surface area contributed by atoms with Crippen LogP contribution in [0.2, 0.25) is 0 Å². The molecule has 2 heterocycles. The standard InChI is InChI=1S/C11H18N4O.ClH/c1-12-7-9-3-2-6-15(8-9)11(16)10-4-5-13-14-10;/h4-5,9,12H,2-3,6-8H2,1H3,(H,13,14);1H. The minimum absolute atomic E-state index is 0. The van der Waals surface area contributed by atoms with Gasteiger partial charge < -0.3 is 10.2 Å². The highest BCUT2D eigenvalue weighted by molar-refractivity contribution is 5.92. The fraction of sp³-hybridized carbons (Fsp3) is 0.636. The smallest absolute Gasteiger partial charge is 0.271 e. The van der Waals surface area contributed by atoms with Gasteiger partial charge in [-0.2, -0.15) is 5.10 Å². The highest BCUT2D eigenvalue weighted by Crippen LogP contribution is 2.17. The molecule has 0 aromatic carbocycles. The summed E-state index contributed by atoms with van der Waals surface area (Å²) in [6.07, 6.45) is 3.90. The monoisotopic (exact) mass is 258 g/mol. The van der Waals surface area contributed by atoms with Crippen LogP contribution in [0.4, 0.5) is 0 Å². The van der Waals surface area contributed by atoms with Crippen LogP contribution in [0.1, 0.15) is 23.3 Å². The minimum Gasteiger partial charge on any atom is -0.337 e. The van der Waals surface area contributed by atoms with Gasteiger partial charge in [-0.15, -0.1) is 12.4 Å². The molecular weight excluding hydrogens is 240 g/mol. The van der Waals surface area contributed by atoms with Gasteiger partial charge in [0.25, 0.3) is 5.91 Å². The maximum Gasteiger partial charge on any atom is 0.271 e. The molecule has 1 unspecified atom stereocenters. The molecule has 1 atom stereocenters. The Morgan fingerprint density at radius 1 is 1.71 bits per heavy atom. The maximum absolute atomic E-state index is 12.0. The van der Waals surface area contributed by atoms with Crippen molar-refractivity contribution in [3.63, 3.8) is 0 Å². The molecule has 0 spiro atoms. The minimum atomic E-state index is 0. The first-order valence-electron chi connectivity index (χ1n) is 5.74. The number of nitrogens with one attached hydrogen (secondary N) is 2. The topological polar surface area (TPSA) is 61.0 Å². The van der Waals surface area contributed by atoms with E-state index in [2.05, 4.69) is 15.5 Å². The van der Waals surface area contributed by atoms with E-state index in [1.165, 1.54) is 6.42 Å². The fourth-order valence-electron chi connectivity index (χ4n) is 2.25. The van der Waals surface area contributed by atoms with Gasteiger partial charge in [0.15, 0.2) is 0 Å². The third kappa shape index (κ3) is 3.44. The van der Waals surface area contributed by atoms with E-state index in [9.17, 15) is 4.79 Å². The Bertz CT molecular complexity index is 339. The lowest BCUT2D eigenvalue weighted by Gasteiger charge is -2.32. The zero-order valence-corrected chi connectivity index (χ0v) is 10.8. The quantitative estimate of drug-likeness (QED) is 0.847. The second kappa shape index (κ2) is 6.61. The Labute approximate surface area is 107 Å². The molecule has 2 rings (SSSR count). The van der Waals surface area contributed by atoms with Crippen LogP contribution in [0.3, 0.4) is 0 Å².